The molecule has 0 radical (unpaired) electrons. The van der Waals surface area contributed by atoms with E-state index in [-0.39, 0.29) is 0 Å². The summed E-state index contributed by atoms with van der Waals surface area (Å²) in [5, 5.41) is 1.79. The van der Waals surface area contributed by atoms with Crippen LogP contribution in [-0.4, -0.2) is 16.5 Å². The first-order chi connectivity index (χ1) is 4.88. The number of nitrogens with zero attached hydrogens (tertiary/aromatic N) is 2. The maximum absolute atomic E-state index is 5.50. The van der Waals surface area contributed by atoms with Crippen molar-refractivity contribution in [3.8, 4) is 0 Å². The van der Waals surface area contributed by atoms with Crippen LogP contribution in [0.2, 0.25) is 0 Å². The van der Waals surface area contributed by atoms with Crippen molar-refractivity contribution in [2.45, 2.75) is 6.04 Å². The molecule has 0 aromatic carbocycles. The summed E-state index contributed by atoms with van der Waals surface area (Å²) in [6.07, 6.45) is 3.63. The number of hydrogen-bond donors (Lipinski definition) is 1. The second-order valence-corrected chi connectivity index (χ2v) is 2.50. The maximum atomic E-state index is 5.50. The predicted octanol–water partition coefficient (Wildman–Crippen LogP) is 0.312. The van der Waals surface area contributed by atoms with Gasteiger partial charge in [0, 0.05) is 18.9 Å². The second kappa shape index (κ2) is 2.04. The molecule has 52 valence electrons. The van der Waals surface area contributed by atoms with Crippen molar-refractivity contribution in [3.05, 3.63) is 30.1 Å². The number of rotatable bonds is 1. The minimum absolute atomic E-state index is 0.425. The fraction of sp³-hybridized carbons (Fsp3) is 0.286. The fourth-order valence-corrected chi connectivity index (χ4v) is 1.02. The molecule has 0 saturated carbocycles. The first-order valence-electron chi connectivity index (χ1n) is 3.29. The molecule has 0 bridgehead atoms. The monoisotopic (exact) mass is 135 g/mol. The van der Waals surface area contributed by atoms with E-state index in [4.69, 9.17) is 5.84 Å². The highest BCUT2D eigenvalue weighted by Gasteiger charge is 2.32. The van der Waals surface area contributed by atoms with Gasteiger partial charge in [-0.3, -0.25) is 10.8 Å². The van der Waals surface area contributed by atoms with E-state index in [0.29, 0.717) is 6.04 Å². The van der Waals surface area contributed by atoms with Gasteiger partial charge in [-0.05, 0) is 11.6 Å². The van der Waals surface area contributed by atoms with Crippen LogP contribution >= 0.6 is 0 Å². The van der Waals surface area contributed by atoms with Crippen molar-refractivity contribution in [2.75, 3.05) is 6.54 Å². The van der Waals surface area contributed by atoms with Crippen molar-refractivity contribution in [1.29, 1.82) is 0 Å². The molecule has 2 N–H and O–H groups in total. The van der Waals surface area contributed by atoms with E-state index in [9.17, 15) is 0 Å². The molecule has 3 heteroatoms. The first kappa shape index (κ1) is 5.82. The Morgan fingerprint density at radius 1 is 1.70 bits per heavy atom. The Labute approximate surface area is 59.4 Å². The van der Waals surface area contributed by atoms with E-state index in [1.165, 1.54) is 5.56 Å². The average molecular weight is 135 g/mol. The van der Waals surface area contributed by atoms with Crippen LogP contribution in [0.3, 0.4) is 0 Å². The molecule has 1 saturated heterocycles. The normalized spacial score (nSPS) is 30.1. The third kappa shape index (κ3) is 0.894. The van der Waals surface area contributed by atoms with Crippen molar-refractivity contribution < 1.29 is 0 Å². The van der Waals surface area contributed by atoms with Gasteiger partial charge in [0.1, 0.15) is 0 Å². The zero-order chi connectivity index (χ0) is 6.97. The van der Waals surface area contributed by atoms with Gasteiger partial charge in [0.15, 0.2) is 0 Å². The summed E-state index contributed by atoms with van der Waals surface area (Å²) in [5.74, 6) is 5.50. The lowest BCUT2D eigenvalue weighted by molar-refractivity contribution is 0.547. The highest BCUT2D eigenvalue weighted by atomic mass is 15.5. The number of hydrogen-bond acceptors (Lipinski definition) is 3. The minimum atomic E-state index is 0.425. The standard InChI is InChI=1S/C7H9N3/c8-10-5-7(10)6-2-1-3-9-4-6/h1-4,7H,5,8H2. The molecule has 2 rings (SSSR count). The zero-order valence-corrected chi connectivity index (χ0v) is 5.57. The smallest absolute Gasteiger partial charge is 0.0647 e. The van der Waals surface area contributed by atoms with Gasteiger partial charge in [0.05, 0.1) is 6.04 Å². The predicted molar refractivity (Wildman–Crippen MR) is 37.9 cm³/mol. The van der Waals surface area contributed by atoms with Crippen LogP contribution in [-0.2, 0) is 0 Å². The molecular weight excluding hydrogens is 126 g/mol. The number of hydrazine groups is 1. The van der Waals surface area contributed by atoms with E-state index < -0.39 is 0 Å². The van der Waals surface area contributed by atoms with E-state index in [1.54, 1.807) is 11.2 Å². The lowest BCUT2D eigenvalue weighted by Gasteiger charge is -1.94. The Morgan fingerprint density at radius 2 is 2.50 bits per heavy atom. The van der Waals surface area contributed by atoms with Crippen molar-refractivity contribution in [2.24, 2.45) is 5.84 Å². The van der Waals surface area contributed by atoms with E-state index >= 15 is 0 Å². The molecule has 1 fully saturated rings. The Hall–Kier alpha value is -0.930. The summed E-state index contributed by atoms with van der Waals surface area (Å²) in [4.78, 5) is 4.00. The molecule has 3 nitrogen and oxygen atoms in total. The Bertz CT molecular complexity index is 222. The van der Waals surface area contributed by atoms with Crippen LogP contribution in [0.25, 0.3) is 0 Å². The van der Waals surface area contributed by atoms with Gasteiger partial charge in [-0.25, -0.2) is 5.01 Å². The maximum Gasteiger partial charge on any atom is 0.0647 e. The van der Waals surface area contributed by atoms with E-state index in [0.717, 1.165) is 6.54 Å². The number of nitrogens with two attached hydrogens (primary N) is 1. The van der Waals surface area contributed by atoms with E-state index in [1.807, 2.05) is 18.3 Å². The van der Waals surface area contributed by atoms with Crippen molar-refractivity contribution in [3.63, 3.8) is 0 Å². The summed E-state index contributed by atoms with van der Waals surface area (Å²) in [6.45, 7) is 0.964. The molecule has 1 aromatic rings. The molecule has 2 heterocycles. The Morgan fingerprint density at radius 3 is 3.00 bits per heavy atom. The molecule has 2 atom stereocenters. The quantitative estimate of drug-likeness (QED) is 0.445. The summed E-state index contributed by atoms with van der Waals surface area (Å²) in [7, 11) is 0. The lowest BCUT2D eigenvalue weighted by Crippen LogP contribution is -2.05. The van der Waals surface area contributed by atoms with Crippen LogP contribution in [0.1, 0.15) is 11.6 Å². The van der Waals surface area contributed by atoms with Gasteiger partial charge in [-0.2, -0.15) is 0 Å². The van der Waals surface area contributed by atoms with Crippen molar-refractivity contribution >= 4 is 0 Å². The molecule has 0 amide bonds. The molecule has 2 unspecified atom stereocenters. The molecule has 1 aliphatic heterocycles. The molecule has 0 aliphatic carbocycles. The Kier molecular flexibility index (Phi) is 1.19. The van der Waals surface area contributed by atoms with Gasteiger partial charge in [-0.15, -0.1) is 0 Å². The molecule has 0 spiro atoms. The molecule has 10 heavy (non-hydrogen) atoms. The van der Waals surface area contributed by atoms with Crippen LogP contribution < -0.4 is 5.84 Å². The van der Waals surface area contributed by atoms with Crippen LogP contribution in [0.5, 0.6) is 0 Å². The first-order valence-corrected chi connectivity index (χ1v) is 3.29. The second-order valence-electron chi connectivity index (χ2n) is 2.50. The third-order valence-corrected chi connectivity index (χ3v) is 1.72. The largest absolute Gasteiger partial charge is 0.268 e. The zero-order valence-electron chi connectivity index (χ0n) is 5.57. The number of aromatic nitrogens is 1. The summed E-state index contributed by atoms with van der Waals surface area (Å²) >= 11 is 0. The lowest BCUT2D eigenvalue weighted by atomic mass is 10.2. The van der Waals surface area contributed by atoms with Gasteiger partial charge < -0.3 is 0 Å². The highest BCUT2D eigenvalue weighted by molar-refractivity contribution is 5.18. The topological polar surface area (TPSA) is 41.9 Å². The van der Waals surface area contributed by atoms with Crippen molar-refractivity contribution in [1.82, 2.24) is 9.99 Å². The average Bonchev–Trinajstić information content (AvgIpc) is 2.69. The van der Waals surface area contributed by atoms with Crippen LogP contribution in [0, 0.1) is 0 Å². The summed E-state index contributed by atoms with van der Waals surface area (Å²) in [5.41, 5.74) is 1.21. The SMILES string of the molecule is NN1CC1c1cccnc1. The van der Waals surface area contributed by atoms with Gasteiger partial charge in [0.2, 0.25) is 0 Å². The molecule has 1 aromatic heterocycles. The summed E-state index contributed by atoms with van der Waals surface area (Å²) in [6, 6.07) is 4.40. The highest BCUT2D eigenvalue weighted by Crippen LogP contribution is 2.29. The third-order valence-electron chi connectivity index (χ3n) is 1.72. The molecular formula is C7H9N3. The minimum Gasteiger partial charge on any atom is -0.268 e. The van der Waals surface area contributed by atoms with Gasteiger partial charge in [-0.1, -0.05) is 6.07 Å². The fourth-order valence-electron chi connectivity index (χ4n) is 1.02. The van der Waals surface area contributed by atoms with E-state index in [2.05, 4.69) is 4.98 Å². The Balaban J connectivity index is 2.20. The van der Waals surface area contributed by atoms with Gasteiger partial charge >= 0.3 is 0 Å². The molecule has 1 aliphatic rings. The summed E-state index contributed by atoms with van der Waals surface area (Å²) < 4.78 is 0. The van der Waals surface area contributed by atoms with Crippen LogP contribution in [0.4, 0.5) is 0 Å². The number of pyridine rings is 1. The van der Waals surface area contributed by atoms with Gasteiger partial charge in [0.25, 0.3) is 0 Å². The van der Waals surface area contributed by atoms with Crippen LogP contribution in [0.15, 0.2) is 24.5 Å².